The quantitative estimate of drug-likeness (QED) is 0.264. The molecular formula is C28H22ClF3N4O4S. The van der Waals surface area contributed by atoms with Crippen LogP contribution in [0.2, 0.25) is 5.02 Å². The van der Waals surface area contributed by atoms with Crippen LogP contribution in [0.5, 0.6) is 5.75 Å². The molecule has 8 nitrogen and oxygen atoms in total. The molecule has 2 amide bonds. The topological polar surface area (TPSA) is 116 Å². The van der Waals surface area contributed by atoms with Crippen LogP contribution in [-0.4, -0.2) is 24.7 Å². The lowest BCUT2D eigenvalue weighted by Crippen LogP contribution is -2.31. The third-order valence-corrected chi connectivity index (χ3v) is 7.31. The van der Waals surface area contributed by atoms with Gasteiger partial charge >= 0.3 is 6.18 Å². The summed E-state index contributed by atoms with van der Waals surface area (Å²) in [7, 11) is 1.51. The van der Waals surface area contributed by atoms with Crippen LogP contribution in [0.4, 0.5) is 24.5 Å². The minimum Gasteiger partial charge on any atom is -0.497 e. The fourth-order valence-electron chi connectivity index (χ4n) is 4.09. The van der Waals surface area contributed by atoms with Crippen LogP contribution in [0.15, 0.2) is 87.1 Å². The maximum atomic E-state index is 13.5. The Morgan fingerprint density at radius 1 is 1.17 bits per heavy atom. The van der Waals surface area contributed by atoms with Crippen molar-refractivity contribution >= 4 is 46.6 Å². The second-order valence-electron chi connectivity index (χ2n) is 8.68. The lowest BCUT2D eigenvalue weighted by atomic mass is 9.85. The van der Waals surface area contributed by atoms with Gasteiger partial charge in [-0.1, -0.05) is 29.4 Å². The monoisotopic (exact) mass is 602 g/mol. The van der Waals surface area contributed by atoms with E-state index in [1.165, 1.54) is 13.4 Å². The van der Waals surface area contributed by atoms with Crippen molar-refractivity contribution in [3.8, 4) is 11.8 Å². The number of allylic oxidation sites excluding steroid dienone is 2. The zero-order valence-corrected chi connectivity index (χ0v) is 23.1. The summed E-state index contributed by atoms with van der Waals surface area (Å²) in [4.78, 5) is 26.1. The average Bonchev–Trinajstić information content (AvgIpc) is 3.47. The molecule has 0 radical (unpaired) electrons. The fourth-order valence-corrected chi connectivity index (χ4v) is 5.15. The first-order valence-corrected chi connectivity index (χ1v) is 13.3. The molecule has 1 aromatic heterocycles. The van der Waals surface area contributed by atoms with Crippen LogP contribution in [0.1, 0.15) is 24.2 Å². The lowest BCUT2D eigenvalue weighted by Gasteiger charge is -2.28. The number of alkyl halides is 3. The maximum absolute atomic E-state index is 13.5. The number of amides is 2. The second kappa shape index (κ2) is 12.4. The van der Waals surface area contributed by atoms with Gasteiger partial charge in [-0.25, -0.2) is 0 Å². The first-order valence-electron chi connectivity index (χ1n) is 11.9. The summed E-state index contributed by atoms with van der Waals surface area (Å²) < 4.78 is 50.5. The molecule has 2 heterocycles. The molecule has 0 saturated heterocycles. The second-order valence-corrected chi connectivity index (χ2v) is 10.1. The third-order valence-electron chi connectivity index (χ3n) is 5.96. The van der Waals surface area contributed by atoms with Gasteiger partial charge in [0.2, 0.25) is 5.91 Å². The smallest absolute Gasteiger partial charge is 0.416 e. The molecule has 3 N–H and O–H groups in total. The highest BCUT2D eigenvalue weighted by atomic mass is 35.5. The Labute approximate surface area is 242 Å². The van der Waals surface area contributed by atoms with Gasteiger partial charge in [-0.15, -0.1) is 0 Å². The SMILES string of the molecule is COc1cccc(NC(=O)CSC2=C(C#N)C(c3ccco3)C(C(=O)Nc3cc(C(F)(F)F)ccc3Cl)=C(C)N2)c1. The number of hydrogen-bond donors (Lipinski definition) is 3. The highest BCUT2D eigenvalue weighted by Crippen LogP contribution is 2.42. The van der Waals surface area contributed by atoms with Crippen molar-refractivity contribution < 1.29 is 31.9 Å². The molecule has 3 aromatic rings. The molecule has 41 heavy (non-hydrogen) atoms. The molecular weight excluding hydrogens is 581 g/mol. The van der Waals surface area contributed by atoms with Gasteiger partial charge < -0.3 is 25.1 Å². The van der Waals surface area contributed by atoms with E-state index < -0.39 is 23.6 Å². The van der Waals surface area contributed by atoms with Crippen LogP contribution in [0, 0.1) is 11.3 Å². The van der Waals surface area contributed by atoms with Gasteiger partial charge in [0.1, 0.15) is 11.5 Å². The predicted octanol–water partition coefficient (Wildman–Crippen LogP) is 6.67. The number of carbonyl (C=O) groups excluding carboxylic acids is 2. The van der Waals surface area contributed by atoms with E-state index >= 15 is 0 Å². The lowest BCUT2D eigenvalue weighted by molar-refractivity contribution is -0.137. The van der Waals surface area contributed by atoms with Gasteiger partial charge in [-0.3, -0.25) is 9.59 Å². The molecule has 0 aliphatic carbocycles. The van der Waals surface area contributed by atoms with E-state index in [1.807, 2.05) is 0 Å². The average molecular weight is 603 g/mol. The number of nitrogens with one attached hydrogen (secondary N) is 3. The number of halogens is 4. The van der Waals surface area contributed by atoms with Crippen molar-refractivity contribution in [2.45, 2.75) is 19.0 Å². The summed E-state index contributed by atoms with van der Waals surface area (Å²) in [5.74, 6) is -1.41. The Hall–Kier alpha value is -4.34. The standard InChI is InChI=1S/C28H22ClF3N4O4S/c1-15-24(26(38)36-21-11-16(28(30,31)32)8-9-20(21)29)25(22-7-4-10-40-22)19(13-33)27(34-15)41-14-23(37)35-17-5-3-6-18(12-17)39-2/h3-12,25,34H,14H2,1-2H3,(H,35,37)(H,36,38). The van der Waals surface area contributed by atoms with Gasteiger partial charge in [0.25, 0.3) is 5.91 Å². The number of benzene rings is 2. The van der Waals surface area contributed by atoms with E-state index in [1.54, 1.807) is 43.3 Å². The number of thioether (sulfide) groups is 1. The van der Waals surface area contributed by atoms with E-state index in [9.17, 15) is 28.0 Å². The molecule has 4 rings (SSSR count). The summed E-state index contributed by atoms with van der Waals surface area (Å²) in [5.41, 5.74) is -0.280. The fraction of sp³-hybridized carbons (Fsp3) is 0.179. The van der Waals surface area contributed by atoms with Gasteiger partial charge in [-0.2, -0.15) is 18.4 Å². The molecule has 0 spiro atoms. The highest BCUT2D eigenvalue weighted by Gasteiger charge is 2.37. The van der Waals surface area contributed by atoms with E-state index in [0.29, 0.717) is 22.2 Å². The van der Waals surface area contributed by atoms with E-state index in [-0.39, 0.29) is 39.3 Å². The number of carbonyl (C=O) groups is 2. The molecule has 13 heteroatoms. The summed E-state index contributed by atoms with van der Waals surface area (Å²) in [6, 6.07) is 14.6. The summed E-state index contributed by atoms with van der Waals surface area (Å²) in [5, 5.41) is 18.5. The molecule has 0 fully saturated rings. The Balaban J connectivity index is 1.60. The molecule has 0 saturated carbocycles. The van der Waals surface area contributed by atoms with Gasteiger partial charge in [0.05, 0.1) is 63.6 Å². The van der Waals surface area contributed by atoms with E-state index in [4.69, 9.17) is 20.8 Å². The first-order chi connectivity index (χ1) is 19.5. The van der Waals surface area contributed by atoms with Crippen molar-refractivity contribution in [1.29, 1.82) is 5.26 Å². The van der Waals surface area contributed by atoms with E-state index in [2.05, 4.69) is 22.0 Å². The van der Waals surface area contributed by atoms with Crippen molar-refractivity contribution in [3.63, 3.8) is 0 Å². The van der Waals surface area contributed by atoms with E-state index in [0.717, 1.165) is 30.0 Å². The summed E-state index contributed by atoms with van der Waals surface area (Å²) in [6.45, 7) is 1.57. The van der Waals surface area contributed by atoms with Crippen LogP contribution >= 0.6 is 23.4 Å². The van der Waals surface area contributed by atoms with Crippen LogP contribution in [0.25, 0.3) is 0 Å². The molecule has 212 valence electrons. The Morgan fingerprint density at radius 3 is 2.61 bits per heavy atom. The number of ether oxygens (including phenoxy) is 1. The summed E-state index contributed by atoms with van der Waals surface area (Å²) >= 11 is 7.13. The Kier molecular flexibility index (Phi) is 9.00. The number of hydrogen-bond acceptors (Lipinski definition) is 7. The number of furan rings is 1. The number of methoxy groups -OCH3 is 1. The molecule has 2 aromatic carbocycles. The van der Waals surface area contributed by atoms with Gasteiger partial charge in [0.15, 0.2) is 0 Å². The van der Waals surface area contributed by atoms with Gasteiger partial charge in [-0.05, 0) is 49.4 Å². The van der Waals surface area contributed by atoms with Crippen LogP contribution in [0.3, 0.4) is 0 Å². The molecule has 1 unspecified atom stereocenters. The largest absolute Gasteiger partial charge is 0.497 e. The number of rotatable bonds is 8. The number of anilines is 2. The Morgan fingerprint density at radius 2 is 1.95 bits per heavy atom. The van der Waals surface area contributed by atoms with Crippen molar-refractivity contribution in [3.05, 3.63) is 99.1 Å². The minimum absolute atomic E-state index is 0.0372. The zero-order chi connectivity index (χ0) is 29.7. The Bertz CT molecular complexity index is 1580. The maximum Gasteiger partial charge on any atom is 0.416 e. The molecule has 1 aliphatic heterocycles. The first kappa shape index (κ1) is 29.6. The highest BCUT2D eigenvalue weighted by molar-refractivity contribution is 8.03. The molecule has 1 aliphatic rings. The minimum atomic E-state index is -4.65. The number of nitrogens with zero attached hydrogens (tertiary/aromatic N) is 1. The van der Waals surface area contributed by atoms with Crippen molar-refractivity contribution in [2.24, 2.45) is 0 Å². The van der Waals surface area contributed by atoms with Gasteiger partial charge in [0, 0.05) is 17.5 Å². The number of nitriles is 1. The zero-order valence-electron chi connectivity index (χ0n) is 21.6. The molecule has 0 bridgehead atoms. The normalized spacial score (nSPS) is 15.2. The van der Waals surface area contributed by atoms with Crippen molar-refractivity contribution in [1.82, 2.24) is 5.32 Å². The molecule has 1 atom stereocenters. The van der Waals surface area contributed by atoms with Crippen LogP contribution < -0.4 is 20.7 Å². The summed E-state index contributed by atoms with van der Waals surface area (Å²) in [6.07, 6.45) is -3.28. The van der Waals surface area contributed by atoms with Crippen molar-refractivity contribution in [2.75, 3.05) is 23.5 Å². The van der Waals surface area contributed by atoms with Crippen LogP contribution in [-0.2, 0) is 15.8 Å². The number of dihydropyridines is 1. The predicted molar refractivity (Wildman–Crippen MR) is 149 cm³/mol. The third kappa shape index (κ3) is 6.87.